The number of nitrogens with two attached hydrogens (primary N) is 1. The fraction of sp³-hybridized carbons (Fsp3) is 0.625. The van der Waals surface area contributed by atoms with Gasteiger partial charge in [0.25, 0.3) is 0 Å². The number of nitrogens with one attached hydrogen (secondary N) is 1. The fourth-order valence-electron chi connectivity index (χ4n) is 0.547. The first-order valence-electron chi connectivity index (χ1n) is 3.63. The Bertz CT molecular complexity index is 171. The van der Waals surface area contributed by atoms with Crippen LogP contribution >= 0.6 is 0 Å². The molecule has 0 aromatic heterocycles. The predicted molar refractivity (Wildman–Crippen MR) is 44.7 cm³/mol. The second-order valence-electron chi connectivity index (χ2n) is 2.41. The van der Waals surface area contributed by atoms with Gasteiger partial charge in [0.2, 0.25) is 5.91 Å². The van der Waals surface area contributed by atoms with E-state index in [9.17, 15) is 4.79 Å². The lowest BCUT2D eigenvalue weighted by Crippen LogP contribution is -2.43. The first-order chi connectivity index (χ1) is 5.11. The Balaban J connectivity index is 3.80. The van der Waals surface area contributed by atoms with Gasteiger partial charge in [0, 0.05) is 0 Å². The topological polar surface area (TPSA) is 55.1 Å². The molecule has 3 nitrogen and oxygen atoms in total. The van der Waals surface area contributed by atoms with Gasteiger partial charge >= 0.3 is 0 Å². The molecule has 3 heteroatoms. The van der Waals surface area contributed by atoms with Crippen molar-refractivity contribution in [1.29, 1.82) is 0 Å². The molecular formula is C8H14N2O. The molecule has 0 rings (SSSR count). The molecule has 11 heavy (non-hydrogen) atoms. The van der Waals surface area contributed by atoms with E-state index in [4.69, 9.17) is 12.2 Å². The molecule has 0 spiro atoms. The summed E-state index contributed by atoms with van der Waals surface area (Å²) in [6, 6.07) is -0.675. The third-order valence-electron chi connectivity index (χ3n) is 1.39. The van der Waals surface area contributed by atoms with Gasteiger partial charge in [-0.05, 0) is 13.3 Å². The lowest BCUT2D eigenvalue weighted by atomic mass is 10.2. The van der Waals surface area contributed by atoms with Crippen LogP contribution in [-0.4, -0.2) is 18.0 Å². The normalized spacial score (nSPS) is 14.7. The summed E-state index contributed by atoms with van der Waals surface area (Å²) in [5.74, 6) is 2.20. The number of carbonyl (C=O) groups is 1. The van der Waals surface area contributed by atoms with E-state index in [2.05, 4.69) is 11.2 Å². The van der Waals surface area contributed by atoms with E-state index in [0.717, 1.165) is 0 Å². The smallest absolute Gasteiger partial charge is 0.237 e. The Hall–Kier alpha value is -1.01. The van der Waals surface area contributed by atoms with Crippen LogP contribution < -0.4 is 11.1 Å². The van der Waals surface area contributed by atoms with Crippen LogP contribution in [0.4, 0.5) is 0 Å². The lowest BCUT2D eigenvalue weighted by Gasteiger charge is -2.11. The quantitative estimate of drug-likeness (QED) is 0.556. The van der Waals surface area contributed by atoms with Crippen LogP contribution in [0, 0.1) is 12.3 Å². The first-order valence-corrected chi connectivity index (χ1v) is 3.63. The van der Waals surface area contributed by atoms with Gasteiger partial charge in [-0.2, -0.15) is 0 Å². The average Bonchev–Trinajstić information content (AvgIpc) is 2.02. The number of terminal acetylenes is 1. The summed E-state index contributed by atoms with van der Waals surface area (Å²) in [5, 5.41) is 2.58. The van der Waals surface area contributed by atoms with E-state index in [1.807, 2.05) is 6.92 Å². The van der Waals surface area contributed by atoms with Gasteiger partial charge in [0.05, 0.1) is 12.1 Å². The highest BCUT2D eigenvalue weighted by atomic mass is 16.2. The Kier molecular flexibility index (Phi) is 4.32. The second-order valence-corrected chi connectivity index (χ2v) is 2.41. The summed E-state index contributed by atoms with van der Waals surface area (Å²) in [7, 11) is 0. The highest BCUT2D eigenvalue weighted by Crippen LogP contribution is 1.87. The van der Waals surface area contributed by atoms with Gasteiger partial charge in [-0.15, -0.1) is 6.42 Å². The van der Waals surface area contributed by atoms with Crippen LogP contribution in [-0.2, 0) is 4.79 Å². The average molecular weight is 154 g/mol. The number of amides is 1. The van der Waals surface area contributed by atoms with Gasteiger partial charge in [0.15, 0.2) is 0 Å². The Morgan fingerprint density at radius 3 is 2.73 bits per heavy atom. The Labute approximate surface area is 67.3 Å². The van der Waals surface area contributed by atoms with Crippen molar-refractivity contribution in [2.24, 2.45) is 5.73 Å². The lowest BCUT2D eigenvalue weighted by molar-refractivity contribution is -0.122. The molecule has 1 amide bonds. The van der Waals surface area contributed by atoms with E-state index < -0.39 is 6.04 Å². The molecule has 0 aliphatic carbocycles. The molecule has 0 saturated heterocycles. The largest absolute Gasteiger partial charge is 0.341 e. The van der Waals surface area contributed by atoms with Crippen molar-refractivity contribution >= 4 is 5.91 Å². The van der Waals surface area contributed by atoms with E-state index in [-0.39, 0.29) is 11.9 Å². The maximum Gasteiger partial charge on any atom is 0.237 e. The zero-order valence-corrected chi connectivity index (χ0v) is 6.92. The molecule has 2 atom stereocenters. The van der Waals surface area contributed by atoms with E-state index in [1.165, 1.54) is 0 Å². The number of hydrogen-bond donors (Lipinski definition) is 2. The number of carbonyl (C=O) groups excluding carboxylic acids is 1. The zero-order chi connectivity index (χ0) is 8.85. The van der Waals surface area contributed by atoms with Crippen LogP contribution in [0.3, 0.4) is 0 Å². The van der Waals surface area contributed by atoms with Crippen LogP contribution in [0.5, 0.6) is 0 Å². The van der Waals surface area contributed by atoms with Crippen molar-refractivity contribution in [3.05, 3.63) is 0 Å². The van der Waals surface area contributed by atoms with Crippen molar-refractivity contribution in [2.45, 2.75) is 32.4 Å². The van der Waals surface area contributed by atoms with Crippen molar-refractivity contribution < 1.29 is 4.79 Å². The minimum absolute atomic E-state index is 0.182. The van der Waals surface area contributed by atoms with Crippen molar-refractivity contribution in [2.75, 3.05) is 0 Å². The van der Waals surface area contributed by atoms with Crippen LogP contribution in [0.15, 0.2) is 0 Å². The molecule has 3 N–H and O–H groups in total. The van der Waals surface area contributed by atoms with Crippen LogP contribution in [0.2, 0.25) is 0 Å². The number of rotatable bonds is 3. The summed E-state index contributed by atoms with van der Waals surface area (Å²) in [6.45, 7) is 3.59. The summed E-state index contributed by atoms with van der Waals surface area (Å²) in [4.78, 5) is 11.0. The molecule has 62 valence electrons. The highest BCUT2D eigenvalue weighted by Gasteiger charge is 2.11. The van der Waals surface area contributed by atoms with Crippen molar-refractivity contribution in [3.8, 4) is 12.3 Å². The van der Waals surface area contributed by atoms with Crippen LogP contribution in [0.1, 0.15) is 20.3 Å². The molecule has 0 aliphatic rings. The zero-order valence-electron chi connectivity index (χ0n) is 6.92. The number of hydrogen-bond acceptors (Lipinski definition) is 2. The molecule has 0 radical (unpaired) electrons. The third-order valence-corrected chi connectivity index (χ3v) is 1.39. The van der Waals surface area contributed by atoms with Gasteiger partial charge in [-0.3, -0.25) is 4.79 Å². The third kappa shape index (κ3) is 3.64. The SMILES string of the molecule is C#CC(C)NC(=O)[C@@H](N)CC. The Morgan fingerprint density at radius 1 is 1.82 bits per heavy atom. The highest BCUT2D eigenvalue weighted by molar-refractivity contribution is 5.81. The summed E-state index contributed by atoms with van der Waals surface area (Å²) < 4.78 is 0. The first kappa shape index (κ1) is 9.99. The van der Waals surface area contributed by atoms with Crippen molar-refractivity contribution in [1.82, 2.24) is 5.32 Å². The molecule has 0 aromatic carbocycles. The predicted octanol–water partition coefficient (Wildman–Crippen LogP) is -0.138. The molecule has 0 fully saturated rings. The molecule has 0 bridgehead atoms. The minimum Gasteiger partial charge on any atom is -0.341 e. The van der Waals surface area contributed by atoms with E-state index in [0.29, 0.717) is 6.42 Å². The van der Waals surface area contributed by atoms with E-state index in [1.54, 1.807) is 6.92 Å². The van der Waals surface area contributed by atoms with Gasteiger partial charge < -0.3 is 11.1 Å². The van der Waals surface area contributed by atoms with Gasteiger partial charge in [0.1, 0.15) is 0 Å². The molecule has 0 heterocycles. The molecule has 0 aliphatic heterocycles. The molecular weight excluding hydrogens is 140 g/mol. The summed E-state index contributed by atoms with van der Waals surface area (Å²) >= 11 is 0. The molecule has 1 unspecified atom stereocenters. The molecule has 0 aromatic rings. The monoisotopic (exact) mass is 154 g/mol. The maximum atomic E-state index is 11.0. The Morgan fingerprint density at radius 2 is 2.36 bits per heavy atom. The van der Waals surface area contributed by atoms with E-state index >= 15 is 0 Å². The van der Waals surface area contributed by atoms with Crippen molar-refractivity contribution in [3.63, 3.8) is 0 Å². The van der Waals surface area contributed by atoms with Gasteiger partial charge in [-0.25, -0.2) is 0 Å². The second kappa shape index (κ2) is 4.75. The fourth-order valence-corrected chi connectivity index (χ4v) is 0.547. The minimum atomic E-state index is -0.439. The van der Waals surface area contributed by atoms with Gasteiger partial charge in [-0.1, -0.05) is 12.8 Å². The molecule has 0 saturated carbocycles. The maximum absolute atomic E-state index is 11.0. The van der Waals surface area contributed by atoms with Crippen LogP contribution in [0.25, 0.3) is 0 Å². The summed E-state index contributed by atoms with van der Waals surface area (Å²) in [6.07, 6.45) is 5.68. The standard InChI is InChI=1S/C8H14N2O/c1-4-6(3)10-8(11)7(9)5-2/h1,6-7H,5,9H2,2-3H3,(H,10,11)/t6?,7-/m0/s1. The summed E-state index contributed by atoms with van der Waals surface area (Å²) in [5.41, 5.74) is 5.44.